The summed E-state index contributed by atoms with van der Waals surface area (Å²) in [6.07, 6.45) is 0. The van der Waals surface area contributed by atoms with Gasteiger partial charge in [0.1, 0.15) is 17.3 Å². The van der Waals surface area contributed by atoms with Crippen molar-refractivity contribution in [2.75, 3.05) is 33.2 Å². The second-order valence-electron chi connectivity index (χ2n) is 6.01. The van der Waals surface area contributed by atoms with Crippen LogP contribution in [0.3, 0.4) is 0 Å². The van der Waals surface area contributed by atoms with Gasteiger partial charge in [0.15, 0.2) is 0 Å². The van der Waals surface area contributed by atoms with Crippen LogP contribution in [-0.2, 0) is 6.61 Å². The zero-order valence-electron chi connectivity index (χ0n) is 13.7. The maximum absolute atomic E-state index is 6.07. The molecule has 3 nitrogen and oxygen atoms in total. The van der Waals surface area contributed by atoms with Crippen LogP contribution in [0.5, 0.6) is 5.75 Å². The van der Waals surface area contributed by atoms with Gasteiger partial charge in [0.25, 0.3) is 0 Å². The molecule has 0 spiro atoms. The van der Waals surface area contributed by atoms with E-state index in [0.717, 1.165) is 52.5 Å². The first-order valence-electron chi connectivity index (χ1n) is 8.07. The fourth-order valence-electron chi connectivity index (χ4n) is 2.71. The van der Waals surface area contributed by atoms with E-state index in [1.54, 1.807) is 0 Å². The summed E-state index contributed by atoms with van der Waals surface area (Å²) in [6, 6.07) is 16.2. The molecule has 1 fully saturated rings. The molecule has 1 heterocycles. The van der Waals surface area contributed by atoms with Crippen molar-refractivity contribution in [1.82, 2.24) is 9.80 Å². The number of hydrogen-bond acceptors (Lipinski definition) is 3. The number of ether oxygens (including phenoxy) is 1. The topological polar surface area (TPSA) is 15.7 Å². The lowest BCUT2D eigenvalue weighted by atomic mass is 10.1. The van der Waals surface area contributed by atoms with E-state index in [-0.39, 0.29) is 0 Å². The Morgan fingerprint density at radius 2 is 1.79 bits per heavy atom. The highest BCUT2D eigenvalue weighted by molar-refractivity contribution is 9.10. The molecule has 1 aliphatic heterocycles. The highest BCUT2D eigenvalue weighted by Crippen LogP contribution is 2.26. The zero-order chi connectivity index (χ0) is 16.9. The predicted molar refractivity (Wildman–Crippen MR) is 106 cm³/mol. The van der Waals surface area contributed by atoms with E-state index < -0.39 is 0 Å². The van der Waals surface area contributed by atoms with Gasteiger partial charge in [-0.3, -0.25) is 0 Å². The Hall–Kier alpha value is -1.43. The van der Waals surface area contributed by atoms with Crippen molar-refractivity contribution in [2.24, 2.45) is 0 Å². The third-order valence-electron chi connectivity index (χ3n) is 4.20. The lowest BCUT2D eigenvalue weighted by molar-refractivity contribution is 0.217. The van der Waals surface area contributed by atoms with E-state index in [1.807, 2.05) is 30.3 Å². The second kappa shape index (κ2) is 8.10. The highest BCUT2D eigenvalue weighted by atomic mass is 79.9. The Morgan fingerprint density at radius 1 is 1.08 bits per heavy atom. The van der Waals surface area contributed by atoms with Crippen molar-refractivity contribution in [3.05, 3.63) is 64.1 Å². The van der Waals surface area contributed by atoms with E-state index >= 15 is 0 Å². The lowest BCUT2D eigenvalue weighted by Crippen LogP contribution is -2.46. The summed E-state index contributed by atoms with van der Waals surface area (Å²) in [5.41, 5.74) is 2.14. The van der Waals surface area contributed by atoms with Crippen LogP contribution in [0.25, 0.3) is 0 Å². The highest BCUT2D eigenvalue weighted by Gasteiger charge is 2.20. The van der Waals surface area contributed by atoms with Gasteiger partial charge in [0.2, 0.25) is 0 Å². The molecule has 0 saturated carbocycles. The smallest absolute Gasteiger partial charge is 0.130 e. The second-order valence-corrected chi connectivity index (χ2v) is 7.31. The Labute approximate surface area is 157 Å². The minimum Gasteiger partial charge on any atom is -0.488 e. The van der Waals surface area contributed by atoms with Gasteiger partial charge in [-0.1, -0.05) is 58.5 Å². The summed E-state index contributed by atoms with van der Waals surface area (Å²) in [7, 11) is 2.15. The third-order valence-corrected chi connectivity index (χ3v) is 5.17. The third kappa shape index (κ3) is 4.35. The molecule has 24 heavy (non-hydrogen) atoms. The Bertz CT molecular complexity index is 700. The maximum atomic E-state index is 6.07. The molecular formula is C19H21BrN2OS. The van der Waals surface area contributed by atoms with E-state index in [1.165, 1.54) is 0 Å². The number of rotatable bonds is 4. The standard InChI is InChI=1S/C19H21BrN2OS/c1-21-9-11-22(12-10-21)19(24)17-13-16(20)7-8-18(17)23-14-15-5-3-2-4-6-15/h2-8,13H,9-12,14H2,1H3. The first-order chi connectivity index (χ1) is 11.6. The fraction of sp³-hybridized carbons (Fsp3) is 0.316. The van der Waals surface area contributed by atoms with E-state index in [9.17, 15) is 0 Å². The fourth-order valence-corrected chi connectivity index (χ4v) is 3.41. The molecule has 0 amide bonds. The molecule has 0 unspecified atom stereocenters. The molecule has 0 radical (unpaired) electrons. The van der Waals surface area contributed by atoms with Crippen molar-refractivity contribution in [3.63, 3.8) is 0 Å². The molecule has 2 aromatic rings. The number of nitrogens with zero attached hydrogens (tertiary/aromatic N) is 2. The van der Waals surface area contributed by atoms with E-state index in [4.69, 9.17) is 17.0 Å². The van der Waals surface area contributed by atoms with Crippen LogP contribution in [0.2, 0.25) is 0 Å². The number of piperazine rings is 1. The van der Waals surface area contributed by atoms with Gasteiger partial charge < -0.3 is 14.5 Å². The molecule has 3 rings (SSSR count). The van der Waals surface area contributed by atoms with Gasteiger partial charge >= 0.3 is 0 Å². The summed E-state index contributed by atoms with van der Waals surface area (Å²) < 4.78 is 7.08. The van der Waals surface area contributed by atoms with E-state index in [0.29, 0.717) is 6.61 Å². The largest absolute Gasteiger partial charge is 0.488 e. The molecule has 0 aliphatic carbocycles. The summed E-state index contributed by atoms with van der Waals surface area (Å²) in [5.74, 6) is 0.839. The van der Waals surface area contributed by atoms with Crippen molar-refractivity contribution in [3.8, 4) is 5.75 Å². The average molecular weight is 405 g/mol. The number of thiocarbonyl (C=S) groups is 1. The zero-order valence-corrected chi connectivity index (χ0v) is 16.1. The summed E-state index contributed by atoms with van der Waals surface area (Å²) in [6.45, 7) is 4.53. The first-order valence-corrected chi connectivity index (χ1v) is 9.28. The average Bonchev–Trinajstić information content (AvgIpc) is 2.61. The molecule has 0 bridgehead atoms. The molecule has 0 aromatic heterocycles. The van der Waals surface area contributed by atoms with Gasteiger partial charge in [-0.2, -0.15) is 0 Å². The molecule has 0 N–H and O–H groups in total. The molecule has 1 saturated heterocycles. The SMILES string of the molecule is CN1CCN(C(=S)c2cc(Br)ccc2OCc2ccccc2)CC1. The molecule has 126 valence electrons. The van der Waals surface area contributed by atoms with Gasteiger partial charge in [0, 0.05) is 30.7 Å². The monoisotopic (exact) mass is 404 g/mol. The minimum atomic E-state index is 0.542. The predicted octanol–water partition coefficient (Wildman–Crippen LogP) is 3.95. The summed E-state index contributed by atoms with van der Waals surface area (Å²) >= 11 is 9.32. The van der Waals surface area contributed by atoms with Crippen molar-refractivity contribution >= 4 is 33.1 Å². The molecule has 0 atom stereocenters. The van der Waals surface area contributed by atoms with Crippen molar-refractivity contribution in [1.29, 1.82) is 0 Å². The summed E-state index contributed by atoms with van der Waals surface area (Å²) in [5, 5.41) is 0. The van der Waals surface area contributed by atoms with Crippen LogP contribution in [0.15, 0.2) is 53.0 Å². The molecule has 5 heteroatoms. The quantitative estimate of drug-likeness (QED) is 0.716. The maximum Gasteiger partial charge on any atom is 0.130 e. The number of benzene rings is 2. The van der Waals surface area contributed by atoms with Gasteiger partial charge in [0.05, 0.1) is 5.56 Å². The van der Waals surface area contributed by atoms with Crippen LogP contribution in [-0.4, -0.2) is 48.0 Å². The number of hydrogen-bond donors (Lipinski definition) is 0. The van der Waals surface area contributed by atoms with Gasteiger partial charge in [-0.15, -0.1) is 0 Å². The molecular weight excluding hydrogens is 384 g/mol. The minimum absolute atomic E-state index is 0.542. The van der Waals surface area contributed by atoms with Gasteiger partial charge in [-0.25, -0.2) is 0 Å². The lowest BCUT2D eigenvalue weighted by Gasteiger charge is -2.34. The Balaban J connectivity index is 1.76. The van der Waals surface area contributed by atoms with Crippen LogP contribution < -0.4 is 4.74 Å². The van der Waals surface area contributed by atoms with Gasteiger partial charge in [-0.05, 0) is 30.8 Å². The van der Waals surface area contributed by atoms with E-state index in [2.05, 4.69) is 51.0 Å². The van der Waals surface area contributed by atoms with Crippen molar-refractivity contribution in [2.45, 2.75) is 6.61 Å². The summed E-state index contributed by atoms with van der Waals surface area (Å²) in [4.78, 5) is 5.46. The normalized spacial score (nSPS) is 15.3. The molecule has 2 aromatic carbocycles. The Kier molecular flexibility index (Phi) is 5.87. The Morgan fingerprint density at radius 3 is 2.50 bits per heavy atom. The number of halogens is 1. The van der Waals surface area contributed by atoms with Crippen LogP contribution in [0.1, 0.15) is 11.1 Å². The number of likely N-dealkylation sites (N-methyl/N-ethyl adjacent to an activating group) is 1. The van der Waals surface area contributed by atoms with Crippen LogP contribution in [0, 0.1) is 0 Å². The molecule has 1 aliphatic rings. The first kappa shape index (κ1) is 17.4. The van der Waals surface area contributed by atoms with Crippen LogP contribution in [0.4, 0.5) is 0 Å². The van der Waals surface area contributed by atoms with Crippen LogP contribution >= 0.6 is 28.1 Å². The van der Waals surface area contributed by atoms with Crippen molar-refractivity contribution < 1.29 is 4.74 Å².